The molecule has 0 radical (unpaired) electrons. The zero-order valence-electron chi connectivity index (χ0n) is 28.4. The molecule has 0 saturated carbocycles. The number of hydrogen-bond donors (Lipinski definition) is 0. The molecule has 0 aliphatic heterocycles. The molecule has 0 atom stereocenters. The van der Waals surface area contributed by atoms with Crippen LogP contribution in [0.5, 0.6) is 0 Å². The van der Waals surface area contributed by atoms with E-state index in [1.54, 1.807) is 0 Å². The lowest BCUT2D eigenvalue weighted by Crippen LogP contribution is -1.96. The Balaban J connectivity index is 1.17. The van der Waals surface area contributed by atoms with Gasteiger partial charge in [0.05, 0.1) is 11.4 Å². The van der Waals surface area contributed by atoms with Crippen LogP contribution in [0.4, 0.5) is 0 Å². The van der Waals surface area contributed by atoms with Gasteiger partial charge in [0.15, 0.2) is 5.82 Å². The van der Waals surface area contributed by atoms with Crippen molar-refractivity contribution >= 4 is 43.1 Å². The fourth-order valence-corrected chi connectivity index (χ4v) is 7.79. The maximum atomic E-state index is 5.09. The molecule has 1 heterocycles. The number of nitrogens with zero attached hydrogens (tertiary/aromatic N) is 2. The van der Waals surface area contributed by atoms with E-state index >= 15 is 0 Å². The van der Waals surface area contributed by atoms with Crippen molar-refractivity contribution in [3.05, 3.63) is 194 Å². The van der Waals surface area contributed by atoms with Crippen LogP contribution in [0.15, 0.2) is 194 Å². The first kappa shape index (κ1) is 30.0. The van der Waals surface area contributed by atoms with Gasteiger partial charge in [0.1, 0.15) is 0 Å². The number of rotatable bonds is 5. The van der Waals surface area contributed by atoms with E-state index in [2.05, 4.69) is 170 Å². The van der Waals surface area contributed by atoms with Gasteiger partial charge in [-0.25, -0.2) is 9.97 Å². The highest BCUT2D eigenvalue weighted by Gasteiger charge is 2.19. The van der Waals surface area contributed by atoms with Crippen molar-refractivity contribution in [1.82, 2.24) is 9.97 Å². The maximum Gasteiger partial charge on any atom is 0.160 e. The lowest BCUT2D eigenvalue weighted by atomic mass is 9.83. The smallest absolute Gasteiger partial charge is 0.160 e. The van der Waals surface area contributed by atoms with E-state index in [9.17, 15) is 0 Å². The highest BCUT2D eigenvalue weighted by Crippen LogP contribution is 2.46. The molecular formula is C50H32N2. The third kappa shape index (κ3) is 5.12. The summed E-state index contributed by atoms with van der Waals surface area (Å²) in [6.45, 7) is 0. The molecule has 0 aliphatic carbocycles. The zero-order valence-corrected chi connectivity index (χ0v) is 28.4. The van der Waals surface area contributed by atoms with Gasteiger partial charge in [-0.3, -0.25) is 0 Å². The van der Waals surface area contributed by atoms with Crippen molar-refractivity contribution in [2.45, 2.75) is 0 Å². The van der Waals surface area contributed by atoms with Crippen LogP contribution in [-0.2, 0) is 0 Å². The summed E-state index contributed by atoms with van der Waals surface area (Å²) >= 11 is 0. The van der Waals surface area contributed by atoms with E-state index in [0.29, 0.717) is 0 Å². The number of fused-ring (bicyclic) bond motifs is 5. The molecule has 1 aromatic heterocycles. The standard InChI is InChI=1S/C50H32N2/c1-4-15-34(16-5-1)45-32-46(52-50(51-45)36-19-8-3-9-20-36)39-26-24-38-31-40(27-25-37(38)30-39)48-43-23-13-12-22-42(43)47(35-17-6-2-7-18-35)44-29-28-33-14-10-11-21-41(33)49(44)48/h1-32H. The molecule has 0 aliphatic rings. The van der Waals surface area contributed by atoms with Crippen molar-refractivity contribution in [1.29, 1.82) is 0 Å². The third-order valence-electron chi connectivity index (χ3n) is 10.2. The first-order chi connectivity index (χ1) is 25.8. The van der Waals surface area contributed by atoms with Gasteiger partial charge in [0, 0.05) is 16.7 Å². The van der Waals surface area contributed by atoms with Crippen LogP contribution in [0.25, 0.3) is 99.2 Å². The van der Waals surface area contributed by atoms with E-state index in [0.717, 1.165) is 33.9 Å². The van der Waals surface area contributed by atoms with Gasteiger partial charge >= 0.3 is 0 Å². The summed E-state index contributed by atoms with van der Waals surface area (Å²) in [7, 11) is 0. The highest BCUT2D eigenvalue weighted by molar-refractivity contribution is 6.28. The van der Waals surface area contributed by atoms with Crippen molar-refractivity contribution in [2.75, 3.05) is 0 Å². The lowest BCUT2D eigenvalue weighted by Gasteiger charge is -2.19. The van der Waals surface area contributed by atoms with E-state index in [1.165, 1.54) is 65.3 Å². The van der Waals surface area contributed by atoms with Crippen LogP contribution in [0.2, 0.25) is 0 Å². The molecular weight excluding hydrogens is 629 g/mol. The molecule has 0 fully saturated rings. The predicted molar refractivity (Wildman–Crippen MR) is 219 cm³/mol. The zero-order chi connectivity index (χ0) is 34.4. The Bertz CT molecular complexity index is 2880. The molecule has 9 aromatic carbocycles. The predicted octanol–water partition coefficient (Wildman–Crippen LogP) is 13.4. The molecule has 0 saturated heterocycles. The van der Waals surface area contributed by atoms with Crippen molar-refractivity contribution in [2.24, 2.45) is 0 Å². The number of benzene rings is 9. The summed E-state index contributed by atoms with van der Waals surface area (Å²) in [5.41, 5.74) is 9.92. The fraction of sp³-hybridized carbons (Fsp3) is 0. The van der Waals surface area contributed by atoms with Gasteiger partial charge in [-0.05, 0) is 83.5 Å². The Morgan fingerprint density at radius 3 is 1.46 bits per heavy atom. The van der Waals surface area contributed by atoms with E-state index in [-0.39, 0.29) is 0 Å². The van der Waals surface area contributed by atoms with Crippen LogP contribution >= 0.6 is 0 Å². The second kappa shape index (κ2) is 12.5. The minimum Gasteiger partial charge on any atom is -0.228 e. The Morgan fingerprint density at radius 1 is 0.269 bits per heavy atom. The molecule has 0 N–H and O–H groups in total. The van der Waals surface area contributed by atoms with Gasteiger partial charge in [0.25, 0.3) is 0 Å². The quantitative estimate of drug-likeness (QED) is 0.136. The second-order valence-electron chi connectivity index (χ2n) is 13.3. The SMILES string of the molecule is c1ccc(-c2cc(-c3ccc4cc(-c5c6ccccc6c(-c6ccccc6)c6ccc7ccccc7c56)ccc4c3)nc(-c3ccccc3)n2)cc1. The number of aromatic nitrogens is 2. The van der Waals surface area contributed by atoms with Gasteiger partial charge in [-0.15, -0.1) is 0 Å². The van der Waals surface area contributed by atoms with Crippen molar-refractivity contribution in [3.8, 4) is 56.2 Å². The second-order valence-corrected chi connectivity index (χ2v) is 13.3. The molecule has 10 rings (SSSR count). The summed E-state index contributed by atoms with van der Waals surface area (Å²) in [4.78, 5) is 10.1. The molecule has 10 aromatic rings. The van der Waals surface area contributed by atoms with Crippen LogP contribution in [0.3, 0.4) is 0 Å². The van der Waals surface area contributed by atoms with E-state index < -0.39 is 0 Å². The van der Waals surface area contributed by atoms with Gasteiger partial charge < -0.3 is 0 Å². The molecule has 2 nitrogen and oxygen atoms in total. The van der Waals surface area contributed by atoms with Crippen LogP contribution in [0.1, 0.15) is 0 Å². The molecule has 52 heavy (non-hydrogen) atoms. The monoisotopic (exact) mass is 660 g/mol. The summed E-state index contributed by atoms with van der Waals surface area (Å²) in [6.07, 6.45) is 0. The van der Waals surface area contributed by atoms with Crippen LogP contribution in [-0.4, -0.2) is 9.97 Å². The summed E-state index contributed by atoms with van der Waals surface area (Å²) in [5, 5.41) is 9.92. The van der Waals surface area contributed by atoms with Crippen molar-refractivity contribution < 1.29 is 0 Å². The van der Waals surface area contributed by atoms with Crippen LogP contribution < -0.4 is 0 Å². The minimum absolute atomic E-state index is 0.720. The summed E-state index contributed by atoms with van der Waals surface area (Å²) < 4.78 is 0. The Labute approximate surface area is 302 Å². The molecule has 0 bridgehead atoms. The van der Waals surface area contributed by atoms with Gasteiger partial charge in [0.2, 0.25) is 0 Å². The first-order valence-electron chi connectivity index (χ1n) is 17.7. The van der Waals surface area contributed by atoms with Crippen molar-refractivity contribution in [3.63, 3.8) is 0 Å². The lowest BCUT2D eigenvalue weighted by molar-refractivity contribution is 1.18. The summed E-state index contributed by atoms with van der Waals surface area (Å²) in [5.74, 6) is 0.720. The topological polar surface area (TPSA) is 25.8 Å². The van der Waals surface area contributed by atoms with Gasteiger partial charge in [-0.2, -0.15) is 0 Å². The molecule has 0 amide bonds. The molecule has 2 heteroatoms. The molecule has 0 unspecified atom stereocenters. The van der Waals surface area contributed by atoms with Crippen LogP contribution in [0, 0.1) is 0 Å². The Kier molecular flexibility index (Phi) is 7.18. The Morgan fingerprint density at radius 2 is 0.769 bits per heavy atom. The summed E-state index contributed by atoms with van der Waals surface area (Å²) in [6, 6.07) is 69.4. The Hall–Kier alpha value is -6.90. The average molecular weight is 661 g/mol. The maximum absolute atomic E-state index is 5.09. The third-order valence-corrected chi connectivity index (χ3v) is 10.2. The minimum atomic E-state index is 0.720. The van der Waals surface area contributed by atoms with E-state index in [4.69, 9.17) is 9.97 Å². The van der Waals surface area contributed by atoms with Gasteiger partial charge in [-0.1, -0.05) is 176 Å². The highest BCUT2D eigenvalue weighted by atomic mass is 14.9. The molecule has 0 spiro atoms. The fourth-order valence-electron chi connectivity index (χ4n) is 7.79. The first-order valence-corrected chi connectivity index (χ1v) is 17.7. The average Bonchev–Trinajstić information content (AvgIpc) is 3.23. The van der Waals surface area contributed by atoms with E-state index in [1.807, 2.05) is 24.3 Å². The number of hydrogen-bond acceptors (Lipinski definition) is 2. The normalized spacial score (nSPS) is 11.5. The molecule has 242 valence electrons. The largest absolute Gasteiger partial charge is 0.228 e.